The van der Waals surface area contributed by atoms with Crippen LogP contribution in [0.25, 0.3) is 5.69 Å². The maximum Gasteiger partial charge on any atom is 0.224 e. The summed E-state index contributed by atoms with van der Waals surface area (Å²) in [6.07, 6.45) is 9.48. The summed E-state index contributed by atoms with van der Waals surface area (Å²) in [4.78, 5) is 14.4. The molecule has 1 N–H and O–H groups in total. The number of benzene rings is 1. The van der Waals surface area contributed by atoms with E-state index in [-0.39, 0.29) is 0 Å². The second-order valence-electron chi connectivity index (χ2n) is 9.68. The molecule has 7 heteroatoms. The van der Waals surface area contributed by atoms with Gasteiger partial charge in [-0.1, -0.05) is 31.0 Å². The van der Waals surface area contributed by atoms with Crippen molar-refractivity contribution in [3.63, 3.8) is 0 Å². The molecule has 1 aromatic carbocycles. The Hall–Kier alpha value is -2.93. The third-order valence-electron chi connectivity index (χ3n) is 7.37. The number of rotatable bonds is 7. The molecule has 0 spiro atoms. The number of likely N-dealkylation sites (tertiary alicyclic amines) is 1. The highest BCUT2D eigenvalue weighted by Gasteiger charge is 2.27. The van der Waals surface area contributed by atoms with Crippen molar-refractivity contribution in [1.82, 2.24) is 24.6 Å². The maximum atomic E-state index is 4.85. The van der Waals surface area contributed by atoms with Crippen molar-refractivity contribution in [2.45, 2.75) is 65.0 Å². The molecule has 7 nitrogen and oxygen atoms in total. The lowest BCUT2D eigenvalue weighted by atomic mass is 10.1. The average molecular weight is 460 g/mol. The molecule has 0 bridgehead atoms. The smallest absolute Gasteiger partial charge is 0.224 e. The van der Waals surface area contributed by atoms with Gasteiger partial charge in [0.15, 0.2) is 0 Å². The molecule has 2 fully saturated rings. The zero-order valence-electron chi connectivity index (χ0n) is 20.6. The quantitative estimate of drug-likeness (QED) is 0.551. The van der Waals surface area contributed by atoms with Crippen molar-refractivity contribution in [3.05, 3.63) is 59.5 Å². The van der Waals surface area contributed by atoms with Gasteiger partial charge >= 0.3 is 0 Å². The first-order valence-corrected chi connectivity index (χ1v) is 12.9. The van der Waals surface area contributed by atoms with E-state index in [1.54, 1.807) is 0 Å². The fourth-order valence-corrected chi connectivity index (χ4v) is 5.38. The molecule has 0 aliphatic carbocycles. The van der Waals surface area contributed by atoms with Crippen LogP contribution >= 0.6 is 0 Å². The number of nitrogens with one attached hydrogen (secondary N) is 1. The minimum absolute atomic E-state index is 0.476. The van der Waals surface area contributed by atoms with Gasteiger partial charge in [0, 0.05) is 49.7 Å². The first kappa shape index (κ1) is 22.8. The van der Waals surface area contributed by atoms with Crippen LogP contribution in [0.3, 0.4) is 0 Å². The Balaban J connectivity index is 1.24. The van der Waals surface area contributed by atoms with Crippen molar-refractivity contribution in [3.8, 4) is 5.69 Å². The van der Waals surface area contributed by atoms with Crippen molar-refractivity contribution in [2.75, 3.05) is 36.4 Å². The van der Waals surface area contributed by atoms with Crippen molar-refractivity contribution >= 4 is 11.8 Å². The molecule has 34 heavy (non-hydrogen) atoms. The normalized spacial score (nSPS) is 19.4. The minimum Gasteiger partial charge on any atom is -0.356 e. The molecule has 1 atom stereocenters. The molecule has 0 saturated carbocycles. The first-order chi connectivity index (χ1) is 16.7. The molecule has 2 saturated heterocycles. The van der Waals surface area contributed by atoms with Crippen LogP contribution in [0.4, 0.5) is 11.8 Å². The summed E-state index contributed by atoms with van der Waals surface area (Å²) < 4.78 is 2.08. The van der Waals surface area contributed by atoms with Gasteiger partial charge in [0.25, 0.3) is 0 Å². The number of aromatic nitrogens is 4. The Kier molecular flexibility index (Phi) is 7.09. The summed E-state index contributed by atoms with van der Waals surface area (Å²) >= 11 is 0. The van der Waals surface area contributed by atoms with E-state index in [9.17, 15) is 0 Å². The van der Waals surface area contributed by atoms with E-state index in [0.717, 1.165) is 55.9 Å². The van der Waals surface area contributed by atoms with Gasteiger partial charge in [-0.15, -0.1) is 0 Å². The van der Waals surface area contributed by atoms with Gasteiger partial charge < -0.3 is 10.2 Å². The highest BCUT2D eigenvalue weighted by molar-refractivity contribution is 5.42. The number of hydrogen-bond donors (Lipinski definition) is 1. The molecule has 180 valence electrons. The third-order valence-corrected chi connectivity index (χ3v) is 7.37. The molecule has 4 heterocycles. The van der Waals surface area contributed by atoms with Crippen LogP contribution < -0.4 is 10.2 Å². The molecule has 0 amide bonds. The number of aryl methyl sites for hydroxylation is 1. The monoisotopic (exact) mass is 459 g/mol. The average Bonchev–Trinajstić information content (AvgIpc) is 3.30. The fraction of sp³-hybridized carbons (Fsp3) is 0.519. The molecule has 5 rings (SSSR count). The lowest BCUT2D eigenvalue weighted by Crippen LogP contribution is -2.35. The molecule has 0 radical (unpaired) electrons. The van der Waals surface area contributed by atoms with Gasteiger partial charge in [-0.2, -0.15) is 10.1 Å². The van der Waals surface area contributed by atoms with Crippen LogP contribution in [0.2, 0.25) is 0 Å². The van der Waals surface area contributed by atoms with Crippen LogP contribution in [0.1, 0.15) is 55.5 Å². The van der Waals surface area contributed by atoms with Gasteiger partial charge in [-0.05, 0) is 64.3 Å². The van der Waals surface area contributed by atoms with Crippen LogP contribution in [-0.2, 0) is 6.54 Å². The van der Waals surface area contributed by atoms with E-state index in [1.165, 1.54) is 49.8 Å². The van der Waals surface area contributed by atoms with Crippen molar-refractivity contribution < 1.29 is 0 Å². The highest BCUT2D eigenvalue weighted by atomic mass is 15.3. The zero-order chi connectivity index (χ0) is 23.3. The molecular weight excluding hydrogens is 422 g/mol. The lowest BCUT2D eigenvalue weighted by Gasteiger charge is -2.25. The Labute approximate surface area is 203 Å². The lowest BCUT2D eigenvalue weighted by molar-refractivity contribution is 0.253. The Morgan fingerprint density at radius 3 is 2.53 bits per heavy atom. The van der Waals surface area contributed by atoms with E-state index < -0.39 is 0 Å². The Morgan fingerprint density at radius 1 is 0.941 bits per heavy atom. The topological polar surface area (TPSA) is 62.1 Å². The molecule has 2 aliphatic heterocycles. The second-order valence-corrected chi connectivity index (χ2v) is 9.68. The van der Waals surface area contributed by atoms with Crippen LogP contribution in [0, 0.1) is 13.8 Å². The largest absolute Gasteiger partial charge is 0.356 e. The van der Waals surface area contributed by atoms with E-state index in [0.29, 0.717) is 6.04 Å². The van der Waals surface area contributed by atoms with Crippen molar-refractivity contribution in [2.24, 2.45) is 0 Å². The molecule has 2 aliphatic rings. The minimum atomic E-state index is 0.476. The Bertz CT molecular complexity index is 1070. The van der Waals surface area contributed by atoms with Crippen LogP contribution in [-0.4, -0.2) is 56.9 Å². The van der Waals surface area contributed by atoms with Gasteiger partial charge in [-0.25, -0.2) is 9.67 Å². The summed E-state index contributed by atoms with van der Waals surface area (Å²) in [7, 11) is 0. The SMILES string of the molecule is Cc1nn(-c2ccccc2)c(C)c1CN1CCCC1CNc1nccc(N2CCCCCC2)n1. The number of nitrogens with zero attached hydrogens (tertiary/aromatic N) is 6. The van der Waals surface area contributed by atoms with E-state index in [2.05, 4.69) is 62.9 Å². The molecule has 1 unspecified atom stereocenters. The van der Waals surface area contributed by atoms with E-state index in [4.69, 9.17) is 10.1 Å². The Morgan fingerprint density at radius 2 is 1.74 bits per heavy atom. The summed E-state index contributed by atoms with van der Waals surface area (Å²) in [5, 5.41) is 8.40. The predicted octanol–water partition coefficient (Wildman–Crippen LogP) is 4.74. The number of para-hydroxylation sites is 1. The van der Waals surface area contributed by atoms with Gasteiger partial charge in [0.05, 0.1) is 11.4 Å². The van der Waals surface area contributed by atoms with Crippen molar-refractivity contribution in [1.29, 1.82) is 0 Å². The summed E-state index contributed by atoms with van der Waals surface area (Å²) in [6, 6.07) is 12.9. The second kappa shape index (κ2) is 10.6. The standard InChI is InChI=1S/C27H37N7/c1-21-25(22(2)34(31-21)23-11-6-5-7-12-23)20-33-18-10-13-24(33)19-29-27-28-15-14-26(30-27)32-16-8-3-4-9-17-32/h5-7,11-12,14-15,24H,3-4,8-10,13,16-20H2,1-2H3,(H,28,29,30). The van der Waals surface area contributed by atoms with E-state index >= 15 is 0 Å². The van der Waals surface area contributed by atoms with Gasteiger partial charge in [0.2, 0.25) is 5.95 Å². The molecular formula is C27H37N7. The summed E-state index contributed by atoms with van der Waals surface area (Å²) in [6.45, 7) is 9.45. The summed E-state index contributed by atoms with van der Waals surface area (Å²) in [5.41, 5.74) is 4.81. The third kappa shape index (κ3) is 5.09. The van der Waals surface area contributed by atoms with Crippen LogP contribution in [0.5, 0.6) is 0 Å². The number of anilines is 2. The maximum absolute atomic E-state index is 4.85. The van der Waals surface area contributed by atoms with Gasteiger partial charge in [-0.3, -0.25) is 4.90 Å². The zero-order valence-corrected chi connectivity index (χ0v) is 20.6. The highest BCUT2D eigenvalue weighted by Crippen LogP contribution is 2.25. The predicted molar refractivity (Wildman–Crippen MR) is 138 cm³/mol. The molecule has 3 aromatic rings. The van der Waals surface area contributed by atoms with E-state index in [1.807, 2.05) is 18.3 Å². The fourth-order valence-electron chi connectivity index (χ4n) is 5.38. The summed E-state index contributed by atoms with van der Waals surface area (Å²) in [5.74, 6) is 1.81. The number of hydrogen-bond acceptors (Lipinski definition) is 6. The van der Waals surface area contributed by atoms with Gasteiger partial charge in [0.1, 0.15) is 5.82 Å². The van der Waals surface area contributed by atoms with Crippen LogP contribution in [0.15, 0.2) is 42.6 Å². The first-order valence-electron chi connectivity index (χ1n) is 12.9. The molecule has 2 aromatic heterocycles.